The lowest BCUT2D eigenvalue weighted by atomic mass is 10.1. The van der Waals surface area contributed by atoms with Crippen molar-refractivity contribution in [2.45, 2.75) is 6.92 Å². The second-order valence-electron chi connectivity index (χ2n) is 4.13. The molecular weight excluding hydrogens is 242 g/mol. The molecule has 0 amide bonds. The molecule has 3 rings (SSSR count). The summed E-state index contributed by atoms with van der Waals surface area (Å²) in [6.07, 6.45) is 1.54. The molecule has 1 aromatic carbocycles. The Kier molecular flexibility index (Phi) is 2.76. The Bertz CT molecular complexity index is 798. The van der Waals surface area contributed by atoms with Gasteiger partial charge in [-0.3, -0.25) is 0 Å². The van der Waals surface area contributed by atoms with Gasteiger partial charge in [0.2, 0.25) is 5.88 Å². The van der Waals surface area contributed by atoms with Crippen LogP contribution in [0.15, 0.2) is 67.3 Å². The summed E-state index contributed by atoms with van der Waals surface area (Å²) in [6.45, 7) is 1.75. The zero-order chi connectivity index (χ0) is 13.2. The molecule has 0 radical (unpaired) electrons. The predicted octanol–water partition coefficient (Wildman–Crippen LogP) is 3.53. The molecule has 19 heavy (non-hydrogen) atoms. The Morgan fingerprint density at radius 1 is 1.16 bits per heavy atom. The largest absolute Gasteiger partial charge is 0.447 e. The van der Waals surface area contributed by atoms with Crippen LogP contribution >= 0.6 is 0 Å². The molecule has 3 aromatic rings. The Labute approximate surface area is 109 Å². The molecule has 0 spiro atoms. The maximum Gasteiger partial charge on any atom is 0.345 e. The number of furan rings is 1. The molecular formula is C15H11NO3. The molecule has 0 saturated carbocycles. The van der Waals surface area contributed by atoms with Crippen LogP contribution in [0.1, 0.15) is 12.5 Å². The summed E-state index contributed by atoms with van der Waals surface area (Å²) in [5.74, 6) is 0.463. The Hall–Kier alpha value is -2.62. The molecule has 0 fully saturated rings. The first-order valence-corrected chi connectivity index (χ1v) is 5.86. The first-order chi connectivity index (χ1) is 9.24. The van der Waals surface area contributed by atoms with Gasteiger partial charge in [0.05, 0.1) is 17.5 Å². The number of hydrogen-bond donors (Lipinski definition) is 0. The molecule has 0 atom stereocenters. The first kappa shape index (κ1) is 11.5. The van der Waals surface area contributed by atoms with Crippen molar-refractivity contribution < 1.29 is 8.83 Å². The summed E-state index contributed by atoms with van der Waals surface area (Å²) in [5.41, 5.74) is 1.18. The van der Waals surface area contributed by atoms with E-state index in [1.165, 1.54) is 6.26 Å². The van der Waals surface area contributed by atoms with Gasteiger partial charge in [-0.1, -0.05) is 18.2 Å². The molecule has 0 aliphatic rings. The SMILES string of the molecule is C/C(=N\c1ccco1)c1cc2ccccc2oc1=O. The summed E-state index contributed by atoms with van der Waals surface area (Å²) < 4.78 is 10.4. The van der Waals surface area contributed by atoms with Crippen LogP contribution in [0.2, 0.25) is 0 Å². The van der Waals surface area contributed by atoms with Crippen LogP contribution in [0.25, 0.3) is 11.0 Å². The fourth-order valence-electron chi connectivity index (χ4n) is 1.87. The van der Waals surface area contributed by atoms with Crippen LogP contribution in [0.4, 0.5) is 5.88 Å². The van der Waals surface area contributed by atoms with Gasteiger partial charge < -0.3 is 8.83 Å². The highest BCUT2D eigenvalue weighted by Gasteiger charge is 2.08. The van der Waals surface area contributed by atoms with Gasteiger partial charge in [0.15, 0.2) is 0 Å². The van der Waals surface area contributed by atoms with E-state index in [0.717, 1.165) is 5.39 Å². The summed E-state index contributed by atoms with van der Waals surface area (Å²) in [6, 6.07) is 12.6. The summed E-state index contributed by atoms with van der Waals surface area (Å²) in [7, 11) is 0. The fourth-order valence-corrected chi connectivity index (χ4v) is 1.87. The maximum absolute atomic E-state index is 11.9. The van der Waals surface area contributed by atoms with Crippen molar-refractivity contribution in [3.05, 3.63) is 64.7 Å². The Morgan fingerprint density at radius 2 is 2.00 bits per heavy atom. The van der Waals surface area contributed by atoms with Gasteiger partial charge in [0, 0.05) is 11.5 Å². The van der Waals surface area contributed by atoms with Crippen molar-refractivity contribution >= 4 is 22.6 Å². The summed E-state index contributed by atoms with van der Waals surface area (Å²) in [4.78, 5) is 16.2. The van der Waals surface area contributed by atoms with E-state index in [1.54, 1.807) is 31.2 Å². The minimum Gasteiger partial charge on any atom is -0.447 e. The standard InChI is InChI=1S/C15H11NO3/c1-10(16-14-7-4-8-18-14)12-9-11-5-2-3-6-13(11)19-15(12)17/h2-9H,1H3/b16-10+. The van der Waals surface area contributed by atoms with Crippen molar-refractivity contribution in [1.82, 2.24) is 0 Å². The highest BCUT2D eigenvalue weighted by atomic mass is 16.4. The van der Waals surface area contributed by atoms with Crippen LogP contribution in [0.3, 0.4) is 0 Å². The third-order valence-corrected chi connectivity index (χ3v) is 2.82. The van der Waals surface area contributed by atoms with E-state index in [4.69, 9.17) is 8.83 Å². The second kappa shape index (κ2) is 4.57. The van der Waals surface area contributed by atoms with Gasteiger partial charge >= 0.3 is 5.63 Å². The molecule has 94 valence electrons. The molecule has 0 bridgehead atoms. The number of fused-ring (bicyclic) bond motifs is 1. The lowest BCUT2D eigenvalue weighted by Crippen LogP contribution is -2.11. The molecule has 0 saturated heterocycles. The van der Waals surface area contributed by atoms with Gasteiger partial charge in [0.25, 0.3) is 0 Å². The van der Waals surface area contributed by atoms with E-state index in [-0.39, 0.29) is 0 Å². The number of aliphatic imine (C=N–C) groups is 1. The third-order valence-electron chi connectivity index (χ3n) is 2.82. The normalized spacial score (nSPS) is 11.9. The third kappa shape index (κ3) is 2.20. The quantitative estimate of drug-likeness (QED) is 0.518. The zero-order valence-corrected chi connectivity index (χ0v) is 10.3. The fraction of sp³-hybridized carbons (Fsp3) is 0.0667. The molecule has 2 aromatic heterocycles. The molecule has 4 heteroatoms. The Balaban J connectivity index is 2.15. The van der Waals surface area contributed by atoms with Crippen molar-refractivity contribution in [2.75, 3.05) is 0 Å². The molecule has 0 N–H and O–H groups in total. The van der Waals surface area contributed by atoms with Crippen LogP contribution in [0, 0.1) is 0 Å². The van der Waals surface area contributed by atoms with E-state index in [9.17, 15) is 4.79 Å². The molecule has 0 unspecified atom stereocenters. The average molecular weight is 253 g/mol. The maximum atomic E-state index is 11.9. The van der Waals surface area contributed by atoms with Gasteiger partial charge in [-0.25, -0.2) is 9.79 Å². The van der Waals surface area contributed by atoms with Gasteiger partial charge in [0.1, 0.15) is 5.58 Å². The van der Waals surface area contributed by atoms with Crippen molar-refractivity contribution in [3.8, 4) is 0 Å². The number of para-hydroxylation sites is 1. The number of hydrogen-bond acceptors (Lipinski definition) is 4. The van der Waals surface area contributed by atoms with E-state index in [2.05, 4.69) is 4.99 Å². The van der Waals surface area contributed by atoms with Crippen molar-refractivity contribution in [3.63, 3.8) is 0 Å². The van der Waals surface area contributed by atoms with Gasteiger partial charge in [-0.15, -0.1) is 0 Å². The van der Waals surface area contributed by atoms with Gasteiger partial charge in [-0.05, 0) is 25.1 Å². The average Bonchev–Trinajstić information content (AvgIpc) is 2.90. The van der Waals surface area contributed by atoms with Crippen molar-refractivity contribution in [2.24, 2.45) is 4.99 Å². The number of nitrogens with zero attached hydrogens (tertiary/aromatic N) is 1. The minimum atomic E-state index is -0.397. The van der Waals surface area contributed by atoms with E-state index >= 15 is 0 Å². The van der Waals surface area contributed by atoms with Gasteiger partial charge in [-0.2, -0.15) is 0 Å². The minimum absolute atomic E-state index is 0.397. The molecule has 0 aliphatic heterocycles. The van der Waals surface area contributed by atoms with Crippen LogP contribution in [0.5, 0.6) is 0 Å². The lowest BCUT2D eigenvalue weighted by molar-refractivity contribution is 0.559. The zero-order valence-electron chi connectivity index (χ0n) is 10.3. The number of benzene rings is 1. The van der Waals surface area contributed by atoms with Crippen LogP contribution in [-0.2, 0) is 0 Å². The van der Waals surface area contributed by atoms with Crippen LogP contribution < -0.4 is 5.63 Å². The Morgan fingerprint density at radius 3 is 2.79 bits per heavy atom. The molecule has 2 heterocycles. The molecule has 0 aliphatic carbocycles. The smallest absolute Gasteiger partial charge is 0.345 e. The van der Waals surface area contributed by atoms with E-state index in [1.807, 2.05) is 18.2 Å². The summed E-state index contributed by atoms with van der Waals surface area (Å²) >= 11 is 0. The highest BCUT2D eigenvalue weighted by Crippen LogP contribution is 2.16. The van der Waals surface area contributed by atoms with E-state index < -0.39 is 5.63 Å². The number of rotatable bonds is 2. The summed E-state index contributed by atoms with van der Waals surface area (Å²) in [5, 5.41) is 0.867. The predicted molar refractivity (Wildman–Crippen MR) is 73.1 cm³/mol. The van der Waals surface area contributed by atoms with Crippen LogP contribution in [-0.4, -0.2) is 5.71 Å². The second-order valence-corrected chi connectivity index (χ2v) is 4.13. The van der Waals surface area contributed by atoms with Crippen molar-refractivity contribution in [1.29, 1.82) is 0 Å². The first-order valence-electron chi connectivity index (χ1n) is 5.86. The van der Waals surface area contributed by atoms with E-state index in [0.29, 0.717) is 22.7 Å². The molecule has 4 nitrogen and oxygen atoms in total. The highest BCUT2D eigenvalue weighted by molar-refractivity contribution is 6.01. The topological polar surface area (TPSA) is 55.7 Å². The monoisotopic (exact) mass is 253 g/mol. The lowest BCUT2D eigenvalue weighted by Gasteiger charge is -2.01.